The zero-order valence-electron chi connectivity index (χ0n) is 12.4. The number of carbonyl (C=O) groups excluding carboxylic acids is 1. The van der Waals surface area contributed by atoms with Crippen molar-refractivity contribution in [1.82, 2.24) is 4.90 Å². The molecule has 0 aliphatic carbocycles. The van der Waals surface area contributed by atoms with Crippen LogP contribution in [0.5, 0.6) is 0 Å². The van der Waals surface area contributed by atoms with Gasteiger partial charge in [-0.3, -0.25) is 4.79 Å². The highest BCUT2D eigenvalue weighted by Crippen LogP contribution is 2.32. The van der Waals surface area contributed by atoms with E-state index in [4.69, 9.17) is 4.74 Å². The molecule has 0 aromatic carbocycles. The van der Waals surface area contributed by atoms with Crippen LogP contribution in [0.25, 0.3) is 0 Å². The van der Waals surface area contributed by atoms with Gasteiger partial charge in [-0.1, -0.05) is 26.7 Å². The number of hydrogen-bond donors (Lipinski definition) is 0. The predicted octanol–water partition coefficient (Wildman–Crippen LogP) is 2.73. The van der Waals surface area contributed by atoms with Crippen LogP contribution in [0.3, 0.4) is 0 Å². The van der Waals surface area contributed by atoms with Gasteiger partial charge in [-0.05, 0) is 25.7 Å². The second kappa shape index (κ2) is 7.49. The fourth-order valence-electron chi connectivity index (χ4n) is 2.95. The summed E-state index contributed by atoms with van der Waals surface area (Å²) in [5.74, 6) is 0.0354. The largest absolute Gasteiger partial charge is 0.381 e. The molecule has 0 radical (unpaired) electrons. The molecule has 0 spiro atoms. The number of methoxy groups -OCH3 is 1. The maximum absolute atomic E-state index is 12.7. The van der Waals surface area contributed by atoms with E-state index in [-0.39, 0.29) is 12.0 Å². The van der Waals surface area contributed by atoms with Crippen LogP contribution >= 0.6 is 0 Å². The quantitative estimate of drug-likeness (QED) is 0.742. The number of hydrogen-bond acceptors (Lipinski definition) is 3. The predicted molar refractivity (Wildman–Crippen MR) is 74.5 cm³/mol. The minimum absolute atomic E-state index is 0.0354. The van der Waals surface area contributed by atoms with E-state index < -0.39 is 5.41 Å². The zero-order chi connectivity index (χ0) is 14.3. The molecule has 0 unspecified atom stereocenters. The van der Waals surface area contributed by atoms with Crippen LogP contribution in [-0.4, -0.2) is 37.1 Å². The van der Waals surface area contributed by atoms with Crippen molar-refractivity contribution < 1.29 is 9.53 Å². The summed E-state index contributed by atoms with van der Waals surface area (Å²) in [6.07, 6.45) is 5.09. The molecule has 0 bridgehead atoms. The standard InChI is InChI=1S/C15H26N2O2/c1-4-8-15(12-16,9-5-2)14(18)17-10-6-13(19-3)7-11-17/h13H,4-11H2,1-3H3. The lowest BCUT2D eigenvalue weighted by atomic mass is 9.79. The lowest BCUT2D eigenvalue weighted by Crippen LogP contribution is -2.48. The minimum atomic E-state index is -0.802. The van der Waals surface area contributed by atoms with E-state index in [2.05, 4.69) is 6.07 Å². The van der Waals surface area contributed by atoms with Crippen LogP contribution in [0.2, 0.25) is 0 Å². The summed E-state index contributed by atoms with van der Waals surface area (Å²) in [4.78, 5) is 14.6. The van der Waals surface area contributed by atoms with E-state index in [0.717, 1.165) is 25.7 Å². The first-order valence-corrected chi connectivity index (χ1v) is 7.37. The van der Waals surface area contributed by atoms with Gasteiger partial charge < -0.3 is 9.64 Å². The maximum atomic E-state index is 12.7. The number of carbonyl (C=O) groups is 1. The highest BCUT2D eigenvalue weighted by molar-refractivity contribution is 5.85. The zero-order valence-corrected chi connectivity index (χ0v) is 12.4. The normalized spacial score (nSPS) is 17.3. The van der Waals surface area contributed by atoms with Gasteiger partial charge in [-0.25, -0.2) is 0 Å². The lowest BCUT2D eigenvalue weighted by molar-refractivity contribution is -0.142. The topological polar surface area (TPSA) is 53.3 Å². The molecule has 0 atom stereocenters. The van der Waals surface area contributed by atoms with E-state index >= 15 is 0 Å². The molecule has 0 saturated carbocycles. The third kappa shape index (κ3) is 3.70. The molecule has 0 aromatic rings. The molecule has 1 heterocycles. The van der Waals surface area contributed by atoms with Gasteiger partial charge in [0, 0.05) is 20.2 Å². The van der Waals surface area contributed by atoms with Crippen LogP contribution in [-0.2, 0) is 9.53 Å². The Balaban J connectivity index is 2.75. The SMILES string of the molecule is CCCC(C#N)(CCC)C(=O)N1CCC(OC)CC1. The van der Waals surface area contributed by atoms with Crippen LogP contribution in [0.1, 0.15) is 52.4 Å². The molecule has 1 aliphatic heterocycles. The van der Waals surface area contributed by atoms with Gasteiger partial charge in [0.05, 0.1) is 12.2 Å². The average molecular weight is 266 g/mol. The first-order valence-electron chi connectivity index (χ1n) is 7.37. The van der Waals surface area contributed by atoms with Gasteiger partial charge in [0.2, 0.25) is 5.91 Å². The van der Waals surface area contributed by atoms with Crippen molar-refractivity contribution in [3.8, 4) is 6.07 Å². The molecule has 1 amide bonds. The minimum Gasteiger partial charge on any atom is -0.381 e. The van der Waals surface area contributed by atoms with Crippen molar-refractivity contribution in [3.05, 3.63) is 0 Å². The summed E-state index contributed by atoms with van der Waals surface area (Å²) < 4.78 is 5.32. The molecule has 1 rings (SSSR count). The fourth-order valence-corrected chi connectivity index (χ4v) is 2.95. The molecule has 19 heavy (non-hydrogen) atoms. The number of nitriles is 1. The van der Waals surface area contributed by atoms with Gasteiger partial charge in [-0.2, -0.15) is 5.26 Å². The molecule has 108 valence electrons. The molecular formula is C15H26N2O2. The molecule has 4 heteroatoms. The van der Waals surface area contributed by atoms with Crippen LogP contribution in [0, 0.1) is 16.7 Å². The number of nitrogens with zero attached hydrogens (tertiary/aromatic N) is 2. The molecular weight excluding hydrogens is 240 g/mol. The highest BCUT2D eigenvalue weighted by Gasteiger charge is 2.40. The first-order chi connectivity index (χ1) is 9.13. The fraction of sp³-hybridized carbons (Fsp3) is 0.867. The Bertz CT molecular complexity index is 322. The Kier molecular flexibility index (Phi) is 6.30. The third-order valence-electron chi connectivity index (χ3n) is 4.04. The number of rotatable bonds is 6. The van der Waals surface area contributed by atoms with Gasteiger partial charge in [-0.15, -0.1) is 0 Å². The molecule has 1 fully saturated rings. The second-order valence-electron chi connectivity index (χ2n) is 5.42. The summed E-state index contributed by atoms with van der Waals surface area (Å²) >= 11 is 0. The molecule has 0 N–H and O–H groups in total. The van der Waals surface area contributed by atoms with Crippen molar-refractivity contribution in [1.29, 1.82) is 5.26 Å². The van der Waals surface area contributed by atoms with E-state index in [9.17, 15) is 10.1 Å². The van der Waals surface area contributed by atoms with Crippen LogP contribution in [0.15, 0.2) is 0 Å². The monoisotopic (exact) mass is 266 g/mol. The summed E-state index contributed by atoms with van der Waals surface area (Å²) in [6.45, 7) is 5.50. The number of amides is 1. The van der Waals surface area contributed by atoms with Crippen molar-refractivity contribution in [2.24, 2.45) is 5.41 Å². The summed E-state index contributed by atoms with van der Waals surface area (Å²) in [5.41, 5.74) is -0.802. The molecule has 1 aliphatic rings. The summed E-state index contributed by atoms with van der Waals surface area (Å²) in [7, 11) is 1.72. The number of ether oxygens (including phenoxy) is 1. The van der Waals surface area contributed by atoms with E-state index in [1.807, 2.05) is 18.7 Å². The van der Waals surface area contributed by atoms with Gasteiger partial charge in [0.15, 0.2) is 0 Å². The van der Waals surface area contributed by atoms with Crippen LogP contribution < -0.4 is 0 Å². The van der Waals surface area contributed by atoms with E-state index in [1.54, 1.807) is 7.11 Å². The third-order valence-corrected chi connectivity index (χ3v) is 4.04. The maximum Gasteiger partial charge on any atom is 0.243 e. The van der Waals surface area contributed by atoms with Crippen LogP contribution in [0.4, 0.5) is 0 Å². The van der Waals surface area contributed by atoms with E-state index in [0.29, 0.717) is 25.9 Å². The summed E-state index contributed by atoms with van der Waals surface area (Å²) in [5, 5.41) is 9.52. The van der Waals surface area contributed by atoms with Gasteiger partial charge in [0.25, 0.3) is 0 Å². The van der Waals surface area contributed by atoms with Gasteiger partial charge in [0.1, 0.15) is 5.41 Å². The smallest absolute Gasteiger partial charge is 0.243 e. The van der Waals surface area contributed by atoms with Crippen molar-refractivity contribution in [3.63, 3.8) is 0 Å². The molecule has 1 saturated heterocycles. The van der Waals surface area contributed by atoms with E-state index in [1.165, 1.54) is 0 Å². The van der Waals surface area contributed by atoms with Gasteiger partial charge >= 0.3 is 0 Å². The van der Waals surface area contributed by atoms with Crippen molar-refractivity contribution in [2.45, 2.75) is 58.5 Å². The average Bonchev–Trinajstić information content (AvgIpc) is 2.46. The Morgan fingerprint density at radius 2 is 1.84 bits per heavy atom. The Hall–Kier alpha value is -1.08. The Morgan fingerprint density at radius 1 is 1.32 bits per heavy atom. The summed E-state index contributed by atoms with van der Waals surface area (Å²) in [6, 6.07) is 2.32. The molecule has 4 nitrogen and oxygen atoms in total. The number of piperidine rings is 1. The Labute approximate surface area is 116 Å². The first kappa shape index (κ1) is 16.0. The second-order valence-corrected chi connectivity index (χ2v) is 5.42. The van der Waals surface area contributed by atoms with Crippen molar-refractivity contribution in [2.75, 3.05) is 20.2 Å². The lowest BCUT2D eigenvalue weighted by Gasteiger charge is -2.36. The highest BCUT2D eigenvalue weighted by atomic mass is 16.5. The van der Waals surface area contributed by atoms with Crippen molar-refractivity contribution >= 4 is 5.91 Å². The Morgan fingerprint density at radius 3 is 2.21 bits per heavy atom. The molecule has 0 aromatic heterocycles. The number of likely N-dealkylation sites (tertiary alicyclic amines) is 1.